The van der Waals surface area contributed by atoms with Gasteiger partial charge in [0, 0.05) is 0 Å². The van der Waals surface area contributed by atoms with E-state index in [0.717, 1.165) is 0 Å². The van der Waals surface area contributed by atoms with Crippen molar-refractivity contribution >= 4 is 67.5 Å². The molecule has 0 aromatic heterocycles. The van der Waals surface area contributed by atoms with Gasteiger partial charge in [-0.25, -0.2) is 0 Å². The standard InChI is InChI=1S/4C5H7NO3.Sn/c4*7-4-2-1-3(6-4)5(8)9;/h4*3H,1-2H2,(H,6,7)(H,8,9);/q;;;;+4/p-4/t4*3-;/m0000./s1. The monoisotopic (exact) mass is 632 g/mol. The first-order valence-electron chi connectivity index (χ1n) is 11.6. The Hall–Kier alpha value is -3.44. The third kappa shape index (κ3) is 6.47. The summed E-state index contributed by atoms with van der Waals surface area (Å²) < 4.78 is 21.3. The molecule has 0 bridgehead atoms. The van der Waals surface area contributed by atoms with Crippen molar-refractivity contribution in [3.05, 3.63) is 0 Å². The van der Waals surface area contributed by atoms with Crippen molar-refractivity contribution in [1.82, 2.24) is 21.3 Å². The predicted octanol–water partition coefficient (Wildman–Crippen LogP) is -3.29. The molecule has 4 fully saturated rings. The van der Waals surface area contributed by atoms with Gasteiger partial charge in [-0.2, -0.15) is 0 Å². The molecule has 0 saturated carbocycles. The van der Waals surface area contributed by atoms with Crippen LogP contribution in [-0.2, 0) is 50.7 Å². The van der Waals surface area contributed by atoms with Crippen molar-refractivity contribution in [2.24, 2.45) is 0 Å². The van der Waals surface area contributed by atoms with Crippen LogP contribution >= 0.6 is 0 Å². The van der Waals surface area contributed by atoms with E-state index in [1.807, 2.05) is 0 Å². The fourth-order valence-electron chi connectivity index (χ4n) is 4.07. The molecule has 37 heavy (non-hydrogen) atoms. The first-order valence-corrected chi connectivity index (χ1v) is 16.3. The molecule has 0 unspecified atom stereocenters. The number of carbonyl (C=O) groups is 8. The molecule has 4 heterocycles. The number of hydrogen-bond acceptors (Lipinski definition) is 12. The van der Waals surface area contributed by atoms with Crippen molar-refractivity contribution in [1.29, 1.82) is 0 Å². The number of rotatable bonds is 8. The fourth-order valence-corrected chi connectivity index (χ4v) is 9.22. The van der Waals surface area contributed by atoms with E-state index in [1.54, 1.807) is 0 Å². The second-order valence-corrected chi connectivity index (χ2v) is 14.0. The molecule has 16 nitrogen and oxygen atoms in total. The fraction of sp³-hybridized carbons (Fsp3) is 0.600. The van der Waals surface area contributed by atoms with Crippen molar-refractivity contribution in [2.75, 3.05) is 0 Å². The van der Waals surface area contributed by atoms with E-state index in [1.165, 1.54) is 0 Å². The summed E-state index contributed by atoms with van der Waals surface area (Å²) in [6, 6.07) is -4.77. The zero-order valence-electron chi connectivity index (χ0n) is 19.4. The second kappa shape index (κ2) is 10.9. The van der Waals surface area contributed by atoms with E-state index in [2.05, 4.69) is 21.3 Å². The summed E-state index contributed by atoms with van der Waals surface area (Å²) in [4.78, 5) is 98.0. The SMILES string of the molecule is O=C1CC[C@@H](C(=O)[O][Sn]([O]C(=O)[C@@H]2CCC(=O)N2)([O]C(=O)[C@@H]2CCC(=O)N2)[O]C(=O)[C@@H]2CCC(=O)N2)N1. The number of hydrogen-bond donors (Lipinski definition) is 4. The van der Waals surface area contributed by atoms with Gasteiger partial charge >= 0.3 is 215 Å². The van der Waals surface area contributed by atoms with Gasteiger partial charge in [0.25, 0.3) is 0 Å². The predicted molar refractivity (Wildman–Crippen MR) is 115 cm³/mol. The van der Waals surface area contributed by atoms with Gasteiger partial charge in [-0.3, -0.25) is 0 Å². The molecular weight excluding hydrogens is 607 g/mol. The van der Waals surface area contributed by atoms with Crippen LogP contribution in [0, 0.1) is 0 Å². The van der Waals surface area contributed by atoms with E-state index in [0.29, 0.717) is 0 Å². The topological polar surface area (TPSA) is 222 Å². The second-order valence-electron chi connectivity index (χ2n) is 8.82. The summed E-state index contributed by atoms with van der Waals surface area (Å²) in [5.41, 5.74) is 0. The van der Waals surface area contributed by atoms with Crippen molar-refractivity contribution in [3.8, 4) is 0 Å². The molecule has 0 aliphatic carbocycles. The van der Waals surface area contributed by atoms with Gasteiger partial charge in [-0.1, -0.05) is 0 Å². The van der Waals surface area contributed by atoms with Gasteiger partial charge < -0.3 is 0 Å². The molecule has 4 saturated heterocycles. The number of carbonyl (C=O) groups excluding carboxylic acids is 8. The molecule has 4 aliphatic heterocycles. The molecule has 4 N–H and O–H groups in total. The van der Waals surface area contributed by atoms with Crippen LogP contribution in [0.2, 0.25) is 0 Å². The molecule has 0 spiro atoms. The van der Waals surface area contributed by atoms with Crippen LogP contribution in [0.4, 0.5) is 0 Å². The average molecular weight is 631 g/mol. The minimum absolute atomic E-state index is 0.00202. The maximum absolute atomic E-state index is 12.9. The molecule has 4 amide bonds. The normalized spacial score (nSPS) is 27.0. The van der Waals surface area contributed by atoms with E-state index < -0.39 is 91.7 Å². The molecule has 0 aromatic carbocycles. The Morgan fingerprint density at radius 3 is 0.865 bits per heavy atom. The Bertz CT molecular complexity index is 898. The Morgan fingerprint density at radius 2 is 0.703 bits per heavy atom. The summed E-state index contributed by atoms with van der Waals surface area (Å²) in [7, 11) is 0. The molecule has 4 rings (SSSR count). The molecule has 17 heteroatoms. The number of nitrogens with one attached hydrogen (secondary N) is 4. The van der Waals surface area contributed by atoms with Gasteiger partial charge in [0.2, 0.25) is 0 Å². The zero-order valence-corrected chi connectivity index (χ0v) is 22.2. The third-order valence-electron chi connectivity index (χ3n) is 6.02. The molecule has 0 radical (unpaired) electrons. The Labute approximate surface area is 214 Å². The summed E-state index contributed by atoms with van der Waals surface area (Å²) in [6.07, 6.45) is 0.0693. The summed E-state index contributed by atoms with van der Waals surface area (Å²) in [6.45, 7) is 0. The molecule has 0 aromatic rings. The molecular formula is C20H24N4O12Sn. The van der Waals surface area contributed by atoms with E-state index >= 15 is 0 Å². The van der Waals surface area contributed by atoms with Crippen LogP contribution in [0.1, 0.15) is 51.4 Å². The van der Waals surface area contributed by atoms with Gasteiger partial charge in [0.05, 0.1) is 0 Å². The van der Waals surface area contributed by atoms with Crippen molar-refractivity contribution in [2.45, 2.75) is 75.5 Å². The Kier molecular flexibility index (Phi) is 7.84. The van der Waals surface area contributed by atoms with Crippen LogP contribution < -0.4 is 21.3 Å². The van der Waals surface area contributed by atoms with Gasteiger partial charge in [-0.15, -0.1) is 0 Å². The third-order valence-corrected chi connectivity index (χ3v) is 11.2. The molecule has 4 aliphatic rings. The van der Waals surface area contributed by atoms with Crippen molar-refractivity contribution < 1.29 is 50.7 Å². The summed E-state index contributed by atoms with van der Waals surface area (Å²) >= 11 is -6.42. The van der Waals surface area contributed by atoms with Crippen LogP contribution in [0.5, 0.6) is 0 Å². The molecule has 4 atom stereocenters. The average Bonchev–Trinajstić information content (AvgIpc) is 3.62. The summed E-state index contributed by atoms with van der Waals surface area (Å²) in [5, 5.41) is 9.39. The minimum atomic E-state index is -6.42. The van der Waals surface area contributed by atoms with Crippen LogP contribution in [-0.4, -0.2) is 91.7 Å². The maximum atomic E-state index is 12.9. The zero-order chi connectivity index (χ0) is 26.7. The first kappa shape index (κ1) is 26.6. The summed E-state index contributed by atoms with van der Waals surface area (Å²) in [5.74, 6) is -6.50. The van der Waals surface area contributed by atoms with Gasteiger partial charge in [-0.05, 0) is 0 Å². The number of amides is 4. The van der Waals surface area contributed by atoms with E-state index in [4.69, 9.17) is 12.3 Å². The Morgan fingerprint density at radius 1 is 0.486 bits per heavy atom. The van der Waals surface area contributed by atoms with Gasteiger partial charge in [0.15, 0.2) is 0 Å². The van der Waals surface area contributed by atoms with Gasteiger partial charge in [0.1, 0.15) is 0 Å². The van der Waals surface area contributed by atoms with E-state index in [-0.39, 0.29) is 51.4 Å². The van der Waals surface area contributed by atoms with Crippen molar-refractivity contribution in [3.63, 3.8) is 0 Å². The van der Waals surface area contributed by atoms with E-state index in [9.17, 15) is 38.4 Å². The molecule has 200 valence electrons. The Balaban J connectivity index is 1.62. The van der Waals surface area contributed by atoms with Crippen LogP contribution in [0.25, 0.3) is 0 Å². The first-order chi connectivity index (χ1) is 17.5. The van der Waals surface area contributed by atoms with Crippen LogP contribution in [0.15, 0.2) is 0 Å². The quantitative estimate of drug-likeness (QED) is 0.194. The van der Waals surface area contributed by atoms with Crippen LogP contribution in [0.3, 0.4) is 0 Å².